The summed E-state index contributed by atoms with van der Waals surface area (Å²) < 4.78 is 7.25. The first-order valence-electron chi connectivity index (χ1n) is 11.9. The lowest BCUT2D eigenvalue weighted by Crippen LogP contribution is -2.50. The van der Waals surface area contributed by atoms with Gasteiger partial charge in [0.2, 0.25) is 5.91 Å². The number of ether oxygens (including phenoxy) is 1. The maximum Gasteiger partial charge on any atom is 0.268 e. The number of hydrogen-bond donors (Lipinski definition) is 2. The van der Waals surface area contributed by atoms with Crippen LogP contribution in [0.5, 0.6) is 0 Å². The third-order valence-electron chi connectivity index (χ3n) is 6.91. The van der Waals surface area contributed by atoms with Crippen molar-refractivity contribution < 1.29 is 14.3 Å². The number of amides is 2. The quantitative estimate of drug-likeness (QED) is 0.672. The van der Waals surface area contributed by atoms with Crippen molar-refractivity contribution in [2.45, 2.75) is 44.2 Å². The Balaban J connectivity index is 1.37. The van der Waals surface area contributed by atoms with Crippen LogP contribution in [0.3, 0.4) is 0 Å². The number of carbonyl (C=O) groups is 2. The molecular weight excluding hydrogens is 418 g/mol. The molecule has 1 aromatic heterocycles. The molecule has 2 amide bonds. The summed E-state index contributed by atoms with van der Waals surface area (Å²) in [5.74, 6) is -0.621. The van der Waals surface area contributed by atoms with Crippen LogP contribution in [0.4, 0.5) is 0 Å². The summed E-state index contributed by atoms with van der Waals surface area (Å²) >= 11 is 0. The van der Waals surface area contributed by atoms with E-state index in [1.165, 1.54) is 0 Å². The number of benzene rings is 1. The Labute approximate surface area is 194 Å². The average Bonchev–Trinajstić information content (AvgIpc) is 3.19. The number of nitriles is 1. The van der Waals surface area contributed by atoms with Crippen LogP contribution >= 0.6 is 0 Å². The number of hydrogen-bond acceptors (Lipinski definition) is 5. The fourth-order valence-electron chi connectivity index (χ4n) is 4.95. The van der Waals surface area contributed by atoms with E-state index >= 15 is 0 Å². The molecule has 2 fully saturated rings. The normalized spacial score (nSPS) is 22.4. The first kappa shape index (κ1) is 23.3. The summed E-state index contributed by atoms with van der Waals surface area (Å²) in [4.78, 5) is 28.5. The van der Waals surface area contributed by atoms with Gasteiger partial charge in [-0.3, -0.25) is 14.5 Å². The van der Waals surface area contributed by atoms with Gasteiger partial charge in [0, 0.05) is 43.6 Å². The minimum absolute atomic E-state index is 0.134. The molecule has 1 aliphatic heterocycles. The molecule has 4 rings (SSSR count). The lowest BCUT2D eigenvalue weighted by atomic mass is 9.83. The van der Waals surface area contributed by atoms with Gasteiger partial charge in [0.05, 0.1) is 25.2 Å². The van der Waals surface area contributed by atoms with Gasteiger partial charge in [-0.1, -0.05) is 31.0 Å². The van der Waals surface area contributed by atoms with Crippen molar-refractivity contribution in [3.63, 3.8) is 0 Å². The van der Waals surface area contributed by atoms with Crippen LogP contribution in [-0.4, -0.2) is 66.2 Å². The molecule has 2 aliphatic rings. The molecule has 2 aromatic rings. The molecule has 1 aromatic carbocycles. The highest BCUT2D eigenvalue weighted by molar-refractivity contribution is 5.99. The second-order valence-corrected chi connectivity index (χ2v) is 9.05. The van der Waals surface area contributed by atoms with E-state index in [-0.39, 0.29) is 23.8 Å². The maximum atomic E-state index is 13.1. The largest absolute Gasteiger partial charge is 0.379 e. The highest BCUT2D eigenvalue weighted by Crippen LogP contribution is 2.26. The highest BCUT2D eigenvalue weighted by Gasteiger charge is 2.33. The Morgan fingerprint density at radius 2 is 1.97 bits per heavy atom. The van der Waals surface area contributed by atoms with Crippen molar-refractivity contribution in [3.05, 3.63) is 36.0 Å². The maximum absolute atomic E-state index is 13.1. The fraction of sp³-hybridized carbons (Fsp3) is 0.560. The molecule has 33 heavy (non-hydrogen) atoms. The average molecular weight is 452 g/mol. The van der Waals surface area contributed by atoms with E-state index in [4.69, 9.17) is 4.74 Å². The number of nitrogens with zero attached hydrogens (tertiary/aromatic N) is 3. The number of aryl methyl sites for hydroxylation is 1. The molecule has 0 radical (unpaired) electrons. The Morgan fingerprint density at radius 1 is 1.21 bits per heavy atom. The Hall–Kier alpha value is -2.89. The number of nitrogens with one attached hydrogen (secondary N) is 2. The zero-order valence-corrected chi connectivity index (χ0v) is 19.3. The first-order chi connectivity index (χ1) is 16.1. The van der Waals surface area contributed by atoms with Gasteiger partial charge in [0.1, 0.15) is 11.7 Å². The number of aromatic nitrogens is 1. The summed E-state index contributed by atoms with van der Waals surface area (Å²) in [6.07, 6.45) is 3.99. The molecule has 176 valence electrons. The van der Waals surface area contributed by atoms with Gasteiger partial charge in [0.25, 0.3) is 5.91 Å². The predicted octanol–water partition coefficient (Wildman–Crippen LogP) is 2.20. The predicted molar refractivity (Wildman–Crippen MR) is 126 cm³/mol. The van der Waals surface area contributed by atoms with E-state index in [0.717, 1.165) is 49.8 Å². The van der Waals surface area contributed by atoms with Crippen molar-refractivity contribution in [2.24, 2.45) is 13.0 Å². The fourth-order valence-corrected chi connectivity index (χ4v) is 4.95. The van der Waals surface area contributed by atoms with Gasteiger partial charge in [0.15, 0.2) is 0 Å². The number of morpholine rings is 1. The van der Waals surface area contributed by atoms with Gasteiger partial charge >= 0.3 is 0 Å². The summed E-state index contributed by atoms with van der Waals surface area (Å²) in [6, 6.07) is 11.2. The minimum atomic E-state index is -0.531. The zero-order chi connectivity index (χ0) is 23.2. The van der Waals surface area contributed by atoms with Gasteiger partial charge in [-0.25, -0.2) is 0 Å². The van der Waals surface area contributed by atoms with Crippen molar-refractivity contribution in [3.8, 4) is 6.07 Å². The van der Waals surface area contributed by atoms with Gasteiger partial charge in [-0.2, -0.15) is 5.26 Å². The summed E-state index contributed by atoms with van der Waals surface area (Å²) in [5, 5.41) is 16.7. The van der Waals surface area contributed by atoms with Crippen LogP contribution in [0.1, 0.15) is 42.6 Å². The number of para-hydroxylation sites is 1. The molecule has 1 saturated carbocycles. The third-order valence-corrected chi connectivity index (χ3v) is 6.91. The van der Waals surface area contributed by atoms with Crippen molar-refractivity contribution in [1.29, 1.82) is 5.26 Å². The van der Waals surface area contributed by atoms with E-state index in [9.17, 15) is 14.9 Å². The standard InChI is InChI=1S/C25H33N5O3/c1-29-22-9-5-2-6-18(22)16-23(29)25(32)28-21-8-4-3-7-20(21)24(31)27-19(17-26)10-11-30-12-14-33-15-13-30/h2,5-6,9,16,19-21H,3-4,7-8,10-15H2,1H3,(H,27,31)(H,28,32). The van der Waals surface area contributed by atoms with Crippen LogP contribution in [0, 0.1) is 17.2 Å². The third kappa shape index (κ3) is 5.55. The van der Waals surface area contributed by atoms with Gasteiger partial charge in [-0.15, -0.1) is 0 Å². The van der Waals surface area contributed by atoms with E-state index in [2.05, 4.69) is 21.6 Å². The van der Waals surface area contributed by atoms with E-state index in [1.807, 2.05) is 41.9 Å². The zero-order valence-electron chi connectivity index (χ0n) is 19.3. The monoisotopic (exact) mass is 451 g/mol. The molecule has 0 bridgehead atoms. The molecule has 2 N–H and O–H groups in total. The lowest BCUT2D eigenvalue weighted by molar-refractivity contribution is -0.127. The topological polar surface area (TPSA) is 99.4 Å². The van der Waals surface area contributed by atoms with Gasteiger partial charge in [-0.05, 0) is 31.4 Å². The van der Waals surface area contributed by atoms with E-state index in [0.29, 0.717) is 31.7 Å². The molecule has 3 unspecified atom stereocenters. The molecule has 1 saturated heterocycles. The Bertz CT molecular complexity index is 1020. The Kier molecular flexibility index (Phi) is 7.63. The number of carbonyl (C=O) groups excluding carboxylic acids is 2. The smallest absolute Gasteiger partial charge is 0.268 e. The van der Waals surface area contributed by atoms with Gasteiger partial charge < -0.3 is 19.9 Å². The highest BCUT2D eigenvalue weighted by atomic mass is 16.5. The number of fused-ring (bicyclic) bond motifs is 1. The second kappa shape index (κ2) is 10.8. The molecular formula is C25H33N5O3. The number of rotatable bonds is 7. The van der Waals surface area contributed by atoms with E-state index in [1.54, 1.807) is 0 Å². The molecule has 0 spiro atoms. The second-order valence-electron chi connectivity index (χ2n) is 9.05. The first-order valence-corrected chi connectivity index (χ1v) is 11.9. The molecule has 8 nitrogen and oxygen atoms in total. The van der Waals surface area contributed by atoms with Crippen LogP contribution < -0.4 is 10.6 Å². The van der Waals surface area contributed by atoms with Crippen molar-refractivity contribution >= 4 is 22.7 Å². The summed E-state index contributed by atoms with van der Waals surface area (Å²) in [6.45, 7) is 3.90. The summed E-state index contributed by atoms with van der Waals surface area (Å²) in [5.41, 5.74) is 1.58. The lowest BCUT2D eigenvalue weighted by Gasteiger charge is -2.32. The van der Waals surface area contributed by atoms with E-state index < -0.39 is 6.04 Å². The van der Waals surface area contributed by atoms with Crippen LogP contribution in [-0.2, 0) is 16.6 Å². The van der Waals surface area contributed by atoms with Crippen LogP contribution in [0.2, 0.25) is 0 Å². The molecule has 8 heteroatoms. The van der Waals surface area contributed by atoms with Crippen LogP contribution in [0.15, 0.2) is 30.3 Å². The Morgan fingerprint density at radius 3 is 2.73 bits per heavy atom. The van der Waals surface area contributed by atoms with Crippen molar-refractivity contribution in [2.75, 3.05) is 32.8 Å². The van der Waals surface area contributed by atoms with Crippen LogP contribution in [0.25, 0.3) is 10.9 Å². The SMILES string of the molecule is Cn1c(C(=O)NC2CCCCC2C(=O)NC(C#N)CCN2CCOCC2)cc2ccccc21. The van der Waals surface area contributed by atoms with Crippen molar-refractivity contribution in [1.82, 2.24) is 20.1 Å². The molecule has 3 atom stereocenters. The molecule has 1 aliphatic carbocycles. The molecule has 2 heterocycles. The minimum Gasteiger partial charge on any atom is -0.379 e. The summed E-state index contributed by atoms with van der Waals surface area (Å²) in [7, 11) is 1.88.